The molecule has 2 N–H and O–H groups in total. The van der Waals surface area contributed by atoms with Crippen LogP contribution in [0.1, 0.15) is 75.8 Å². The van der Waals surface area contributed by atoms with Crippen LogP contribution >= 0.6 is 0 Å². The van der Waals surface area contributed by atoms with Gasteiger partial charge in [-0.15, -0.1) is 0 Å². The quantitative estimate of drug-likeness (QED) is 0.703. The van der Waals surface area contributed by atoms with Gasteiger partial charge in [0, 0.05) is 17.8 Å². The lowest BCUT2D eigenvalue weighted by Crippen LogP contribution is -2.10. The van der Waals surface area contributed by atoms with Crippen LogP contribution < -0.4 is 5.73 Å². The number of nitrogens with two attached hydrogens (primary N) is 1. The summed E-state index contributed by atoms with van der Waals surface area (Å²) in [6, 6.07) is 4.45. The number of hydrogen-bond acceptors (Lipinski definition) is 5. The van der Waals surface area contributed by atoms with Crippen molar-refractivity contribution in [3.8, 4) is 11.3 Å². The third-order valence-electron chi connectivity index (χ3n) is 5.15. The summed E-state index contributed by atoms with van der Waals surface area (Å²) < 4.78 is 2.00. The Kier molecular flexibility index (Phi) is 5.56. The standard InChI is InChI=1S/C21H30N6/c1-7-13(5)27-21-19(14(6)26-27)25-20(16(8-2)24-21)15-9-10-17(12(3)4)23-18(15)11-22/h9-10,12-13H,7-8,11,22H2,1-6H3. The normalized spacial score (nSPS) is 12.9. The van der Waals surface area contributed by atoms with Crippen LogP contribution in [0.5, 0.6) is 0 Å². The van der Waals surface area contributed by atoms with E-state index in [9.17, 15) is 0 Å². The summed E-state index contributed by atoms with van der Waals surface area (Å²) in [5, 5.41) is 4.70. The first-order chi connectivity index (χ1) is 12.9. The van der Waals surface area contributed by atoms with Gasteiger partial charge in [0.1, 0.15) is 5.52 Å². The zero-order valence-electron chi connectivity index (χ0n) is 17.2. The molecule has 27 heavy (non-hydrogen) atoms. The van der Waals surface area contributed by atoms with Crippen molar-refractivity contribution in [1.82, 2.24) is 24.7 Å². The molecule has 0 aliphatic carbocycles. The lowest BCUT2D eigenvalue weighted by atomic mass is 10.0. The molecule has 1 atom stereocenters. The molecule has 6 nitrogen and oxygen atoms in total. The summed E-state index contributed by atoms with van der Waals surface area (Å²) in [7, 11) is 0. The van der Waals surface area contributed by atoms with Crippen LogP contribution in [0.4, 0.5) is 0 Å². The second-order valence-electron chi connectivity index (χ2n) is 7.42. The van der Waals surface area contributed by atoms with E-state index in [-0.39, 0.29) is 6.04 Å². The average molecular weight is 367 g/mol. The molecule has 0 saturated carbocycles. The van der Waals surface area contributed by atoms with Gasteiger partial charge in [-0.1, -0.05) is 27.7 Å². The molecule has 3 aromatic heterocycles. The van der Waals surface area contributed by atoms with E-state index in [2.05, 4.69) is 46.8 Å². The smallest absolute Gasteiger partial charge is 0.177 e. The van der Waals surface area contributed by atoms with Crippen LogP contribution in [0.2, 0.25) is 0 Å². The van der Waals surface area contributed by atoms with Gasteiger partial charge in [0.2, 0.25) is 0 Å². The largest absolute Gasteiger partial charge is 0.325 e. The van der Waals surface area contributed by atoms with Crippen LogP contribution in [-0.2, 0) is 13.0 Å². The molecule has 1 unspecified atom stereocenters. The molecule has 0 aliphatic rings. The van der Waals surface area contributed by atoms with Crippen LogP contribution in [-0.4, -0.2) is 24.7 Å². The highest BCUT2D eigenvalue weighted by molar-refractivity contribution is 5.78. The first-order valence-corrected chi connectivity index (χ1v) is 9.87. The SMILES string of the molecule is CCc1nc2c(nc1-c1ccc(C(C)C)nc1CN)c(C)nn2C(C)CC. The Morgan fingerprint density at radius 3 is 2.37 bits per heavy atom. The van der Waals surface area contributed by atoms with E-state index >= 15 is 0 Å². The molecule has 0 saturated heterocycles. The zero-order valence-corrected chi connectivity index (χ0v) is 17.2. The monoisotopic (exact) mass is 366 g/mol. The molecule has 0 amide bonds. The van der Waals surface area contributed by atoms with Gasteiger partial charge in [0.25, 0.3) is 0 Å². The van der Waals surface area contributed by atoms with Crippen molar-refractivity contribution in [2.45, 2.75) is 72.9 Å². The second kappa shape index (κ2) is 7.72. The molecular weight excluding hydrogens is 336 g/mol. The molecule has 0 radical (unpaired) electrons. The number of hydrogen-bond donors (Lipinski definition) is 1. The van der Waals surface area contributed by atoms with Crippen LogP contribution in [0.25, 0.3) is 22.4 Å². The minimum absolute atomic E-state index is 0.289. The lowest BCUT2D eigenvalue weighted by Gasteiger charge is -2.14. The van der Waals surface area contributed by atoms with Gasteiger partial charge in [-0.3, -0.25) is 4.98 Å². The van der Waals surface area contributed by atoms with Crippen LogP contribution in [0, 0.1) is 6.92 Å². The molecule has 6 heteroatoms. The third kappa shape index (κ3) is 3.46. The summed E-state index contributed by atoms with van der Waals surface area (Å²) in [6.07, 6.45) is 1.79. The number of aromatic nitrogens is 5. The highest BCUT2D eigenvalue weighted by Crippen LogP contribution is 2.29. The van der Waals surface area contributed by atoms with Crippen molar-refractivity contribution in [3.63, 3.8) is 0 Å². The molecule has 0 aliphatic heterocycles. The zero-order chi connectivity index (χ0) is 19.7. The van der Waals surface area contributed by atoms with Gasteiger partial charge in [-0.05, 0) is 44.7 Å². The number of aryl methyl sites for hydroxylation is 2. The van der Waals surface area contributed by atoms with Gasteiger partial charge < -0.3 is 5.73 Å². The van der Waals surface area contributed by atoms with Crippen molar-refractivity contribution >= 4 is 11.2 Å². The highest BCUT2D eigenvalue weighted by atomic mass is 15.3. The van der Waals surface area contributed by atoms with Gasteiger partial charge in [-0.2, -0.15) is 5.10 Å². The molecule has 0 fully saturated rings. The van der Waals surface area contributed by atoms with E-state index in [0.717, 1.165) is 58.0 Å². The first-order valence-electron chi connectivity index (χ1n) is 9.87. The molecule has 144 valence electrons. The van der Waals surface area contributed by atoms with Gasteiger partial charge in [0.05, 0.1) is 28.8 Å². The highest BCUT2D eigenvalue weighted by Gasteiger charge is 2.20. The predicted molar refractivity (Wildman–Crippen MR) is 110 cm³/mol. The van der Waals surface area contributed by atoms with E-state index in [1.165, 1.54) is 0 Å². The third-order valence-corrected chi connectivity index (χ3v) is 5.15. The molecular formula is C21H30N6. The Bertz CT molecular complexity index is 957. The Morgan fingerprint density at radius 1 is 1.04 bits per heavy atom. The second-order valence-corrected chi connectivity index (χ2v) is 7.42. The Labute approximate surface area is 161 Å². The van der Waals surface area contributed by atoms with E-state index in [1.807, 2.05) is 11.6 Å². The molecule has 0 spiro atoms. The fourth-order valence-corrected chi connectivity index (χ4v) is 3.27. The fraction of sp³-hybridized carbons (Fsp3) is 0.524. The summed E-state index contributed by atoms with van der Waals surface area (Å²) in [5.74, 6) is 0.361. The first kappa shape index (κ1) is 19.4. The topological polar surface area (TPSA) is 82.5 Å². The number of rotatable bonds is 6. The summed E-state index contributed by atoms with van der Waals surface area (Å²) in [5.41, 5.74) is 13.4. The van der Waals surface area contributed by atoms with Crippen LogP contribution in [0.15, 0.2) is 12.1 Å². The molecule has 3 heterocycles. The average Bonchev–Trinajstić information content (AvgIpc) is 3.01. The van der Waals surface area contributed by atoms with Crippen molar-refractivity contribution in [2.24, 2.45) is 5.73 Å². The van der Waals surface area contributed by atoms with Gasteiger partial charge in [-0.25, -0.2) is 14.6 Å². The van der Waals surface area contributed by atoms with E-state index in [4.69, 9.17) is 25.8 Å². The van der Waals surface area contributed by atoms with Crippen LogP contribution in [0.3, 0.4) is 0 Å². The Hall–Kier alpha value is -2.34. The predicted octanol–water partition coefficient (Wildman–Crippen LogP) is 4.31. The lowest BCUT2D eigenvalue weighted by molar-refractivity contribution is 0.486. The number of pyridine rings is 1. The van der Waals surface area contributed by atoms with Crippen molar-refractivity contribution in [1.29, 1.82) is 0 Å². The molecule has 0 aromatic carbocycles. The van der Waals surface area contributed by atoms with E-state index in [1.54, 1.807) is 0 Å². The fourth-order valence-electron chi connectivity index (χ4n) is 3.27. The molecule has 3 aromatic rings. The number of nitrogens with zero attached hydrogens (tertiary/aromatic N) is 5. The van der Waals surface area contributed by atoms with E-state index in [0.29, 0.717) is 12.5 Å². The summed E-state index contributed by atoms with van der Waals surface area (Å²) >= 11 is 0. The summed E-state index contributed by atoms with van der Waals surface area (Å²) in [4.78, 5) is 14.7. The van der Waals surface area contributed by atoms with Crippen molar-refractivity contribution in [2.75, 3.05) is 0 Å². The van der Waals surface area contributed by atoms with E-state index < -0.39 is 0 Å². The molecule has 3 rings (SSSR count). The molecule has 0 bridgehead atoms. The Morgan fingerprint density at radius 2 is 1.78 bits per heavy atom. The maximum absolute atomic E-state index is 6.03. The number of fused-ring (bicyclic) bond motifs is 1. The minimum atomic E-state index is 0.289. The van der Waals surface area contributed by atoms with Gasteiger partial charge in [0.15, 0.2) is 5.65 Å². The Balaban J connectivity index is 2.25. The van der Waals surface area contributed by atoms with Crippen molar-refractivity contribution in [3.05, 3.63) is 34.9 Å². The van der Waals surface area contributed by atoms with Gasteiger partial charge >= 0.3 is 0 Å². The van der Waals surface area contributed by atoms with Crippen molar-refractivity contribution < 1.29 is 0 Å². The maximum Gasteiger partial charge on any atom is 0.177 e. The minimum Gasteiger partial charge on any atom is -0.325 e. The maximum atomic E-state index is 6.03. The summed E-state index contributed by atoms with van der Waals surface area (Å²) in [6.45, 7) is 13.1.